The summed E-state index contributed by atoms with van der Waals surface area (Å²) in [6, 6.07) is 24.5. The fraction of sp³-hybridized carbons (Fsp3) is 0.436. The van der Waals surface area contributed by atoms with Crippen molar-refractivity contribution >= 4 is 5.70 Å². The van der Waals surface area contributed by atoms with Crippen molar-refractivity contribution in [3.05, 3.63) is 125 Å². The maximum Gasteiger partial charge on any atom is 0.0371 e. The zero-order valence-corrected chi connectivity index (χ0v) is 27.2. The lowest BCUT2D eigenvalue weighted by atomic mass is 9.92. The van der Waals surface area contributed by atoms with Gasteiger partial charge in [0.05, 0.1) is 0 Å². The van der Waals surface area contributed by atoms with E-state index in [1.54, 1.807) is 0 Å². The second-order valence-electron chi connectivity index (χ2n) is 12.4. The largest absolute Gasteiger partial charge is 0.371 e. The lowest BCUT2D eigenvalue weighted by Crippen LogP contribution is -2.45. The van der Waals surface area contributed by atoms with Crippen molar-refractivity contribution in [1.29, 1.82) is 0 Å². The highest BCUT2D eigenvalue weighted by molar-refractivity contribution is 5.67. The molecule has 0 aliphatic carbocycles. The number of hydrogen-bond donors (Lipinski definition) is 0. The van der Waals surface area contributed by atoms with E-state index in [1.807, 2.05) is 13.8 Å². The third-order valence-electron chi connectivity index (χ3n) is 9.33. The molecule has 0 N–H and O–H groups in total. The van der Waals surface area contributed by atoms with Gasteiger partial charge >= 0.3 is 0 Å². The molecule has 0 aromatic heterocycles. The molecule has 0 saturated carbocycles. The topological polar surface area (TPSA) is 9.72 Å². The first-order chi connectivity index (χ1) is 20.2. The summed E-state index contributed by atoms with van der Waals surface area (Å²) < 4.78 is 0. The van der Waals surface area contributed by atoms with Crippen LogP contribution in [-0.4, -0.2) is 46.4 Å². The monoisotopic (exact) mass is 563 g/mol. The molecule has 0 unspecified atom stereocenters. The molecular weight excluding hydrogens is 510 g/mol. The van der Waals surface area contributed by atoms with E-state index in [0.717, 1.165) is 65.0 Å². The zero-order chi connectivity index (χ0) is 30.3. The summed E-state index contributed by atoms with van der Waals surface area (Å²) in [4.78, 5) is 7.61. The van der Waals surface area contributed by atoms with Gasteiger partial charge in [0, 0.05) is 68.2 Å². The van der Waals surface area contributed by atoms with Crippen LogP contribution in [0.15, 0.2) is 85.6 Å². The molecule has 224 valence electrons. The molecule has 1 saturated heterocycles. The summed E-state index contributed by atoms with van der Waals surface area (Å²) in [6.07, 6.45) is 4.29. The van der Waals surface area contributed by atoms with E-state index in [4.69, 9.17) is 0 Å². The number of piperazine rings is 1. The Hall–Kier alpha value is -3.30. The number of allylic oxidation sites excluding steroid dienone is 1. The first-order valence-electron chi connectivity index (χ1n) is 16.1. The predicted molar refractivity (Wildman–Crippen MR) is 181 cm³/mol. The molecule has 2 aliphatic heterocycles. The molecular formula is C39H53N3. The molecule has 0 radical (unpaired) electrons. The molecule has 2 aliphatic rings. The second-order valence-corrected chi connectivity index (χ2v) is 12.4. The summed E-state index contributed by atoms with van der Waals surface area (Å²) in [5.74, 6) is 0. The van der Waals surface area contributed by atoms with E-state index >= 15 is 0 Å². The molecule has 5 rings (SSSR count). The number of aryl methyl sites for hydroxylation is 3. The van der Waals surface area contributed by atoms with Crippen molar-refractivity contribution in [2.24, 2.45) is 0 Å². The Morgan fingerprint density at radius 3 is 2.19 bits per heavy atom. The molecule has 3 aromatic carbocycles. The van der Waals surface area contributed by atoms with Crippen LogP contribution in [0.3, 0.4) is 0 Å². The van der Waals surface area contributed by atoms with Crippen LogP contribution in [0.1, 0.15) is 80.0 Å². The molecule has 42 heavy (non-hydrogen) atoms. The van der Waals surface area contributed by atoms with E-state index in [-0.39, 0.29) is 5.54 Å². The van der Waals surface area contributed by atoms with Crippen LogP contribution >= 0.6 is 0 Å². The Kier molecular flexibility index (Phi) is 10.7. The minimum Gasteiger partial charge on any atom is -0.371 e. The molecule has 3 heteroatoms. The quantitative estimate of drug-likeness (QED) is 0.244. The molecule has 3 nitrogen and oxygen atoms in total. The SMILES string of the molecule is C=C(Cc1ccccc1)N1CCN(C(=C)c2cccc3c2CN(C(C)(C)CCc2ccc(C)c(CC)c2)C3)CC1.CC. The molecule has 0 bridgehead atoms. The molecule has 0 amide bonds. The highest BCUT2D eigenvalue weighted by Gasteiger charge is 2.33. The van der Waals surface area contributed by atoms with Crippen LogP contribution in [0.4, 0.5) is 0 Å². The van der Waals surface area contributed by atoms with Crippen molar-refractivity contribution < 1.29 is 0 Å². The molecule has 2 heterocycles. The van der Waals surface area contributed by atoms with Gasteiger partial charge in [-0.05, 0) is 73.4 Å². The van der Waals surface area contributed by atoms with Crippen molar-refractivity contribution in [3.63, 3.8) is 0 Å². The maximum absolute atomic E-state index is 4.62. The van der Waals surface area contributed by atoms with E-state index in [0.29, 0.717) is 0 Å². The van der Waals surface area contributed by atoms with Crippen LogP contribution in [0.25, 0.3) is 5.70 Å². The third kappa shape index (κ3) is 7.36. The molecule has 1 fully saturated rings. The van der Waals surface area contributed by atoms with Gasteiger partial charge in [-0.15, -0.1) is 0 Å². The van der Waals surface area contributed by atoms with Gasteiger partial charge in [0.25, 0.3) is 0 Å². The number of nitrogens with zero attached hydrogens (tertiary/aromatic N) is 3. The standard InChI is InChI=1S/C37H47N3.C2H6/c1-7-33-25-32(17-16-28(33)2)18-19-37(5,6)40-26-34-14-11-15-35(36(34)27-40)30(4)39-22-20-38(21-23-39)29(3)24-31-12-9-8-10-13-31;1-2/h8-17,25H,3-4,7,18-24,26-27H2,1-2,5-6H3;1-2H3. The summed E-state index contributed by atoms with van der Waals surface area (Å²) in [5.41, 5.74) is 12.5. The van der Waals surface area contributed by atoms with Gasteiger partial charge in [-0.25, -0.2) is 0 Å². The Bertz CT molecular complexity index is 1350. The van der Waals surface area contributed by atoms with Gasteiger partial charge in [-0.3, -0.25) is 4.90 Å². The average molecular weight is 564 g/mol. The highest BCUT2D eigenvalue weighted by Crippen LogP contribution is 2.36. The van der Waals surface area contributed by atoms with Crippen LogP contribution < -0.4 is 0 Å². The van der Waals surface area contributed by atoms with E-state index in [9.17, 15) is 0 Å². The average Bonchev–Trinajstić information content (AvgIpc) is 3.48. The lowest BCUT2D eigenvalue weighted by molar-refractivity contribution is 0.109. The third-order valence-corrected chi connectivity index (χ3v) is 9.33. The number of rotatable bonds is 10. The van der Waals surface area contributed by atoms with Gasteiger partial charge in [0.15, 0.2) is 0 Å². The first-order valence-corrected chi connectivity index (χ1v) is 16.1. The summed E-state index contributed by atoms with van der Waals surface area (Å²) in [7, 11) is 0. The van der Waals surface area contributed by atoms with Crippen LogP contribution in [0.2, 0.25) is 0 Å². The zero-order valence-electron chi connectivity index (χ0n) is 27.2. The van der Waals surface area contributed by atoms with Gasteiger partial charge in [-0.2, -0.15) is 0 Å². The van der Waals surface area contributed by atoms with Crippen molar-refractivity contribution in [2.75, 3.05) is 26.2 Å². The Morgan fingerprint density at radius 2 is 1.50 bits per heavy atom. The van der Waals surface area contributed by atoms with E-state index < -0.39 is 0 Å². The second kappa shape index (κ2) is 14.2. The minimum atomic E-state index is 0.125. The molecule has 0 atom stereocenters. The lowest BCUT2D eigenvalue weighted by Gasteiger charge is -2.39. The summed E-state index contributed by atoms with van der Waals surface area (Å²) in [5, 5.41) is 0. The van der Waals surface area contributed by atoms with Crippen LogP contribution in [0.5, 0.6) is 0 Å². The normalized spacial score (nSPS) is 15.2. The van der Waals surface area contributed by atoms with Gasteiger partial charge < -0.3 is 9.80 Å². The van der Waals surface area contributed by atoms with Gasteiger partial charge in [-0.1, -0.05) is 101 Å². The minimum absolute atomic E-state index is 0.125. The fourth-order valence-electron chi connectivity index (χ4n) is 6.40. The smallest absolute Gasteiger partial charge is 0.0371 e. The summed E-state index contributed by atoms with van der Waals surface area (Å²) >= 11 is 0. The van der Waals surface area contributed by atoms with E-state index in [1.165, 1.54) is 50.3 Å². The number of hydrogen-bond acceptors (Lipinski definition) is 3. The fourth-order valence-corrected chi connectivity index (χ4v) is 6.40. The summed E-state index contributed by atoms with van der Waals surface area (Å²) in [6.45, 7) is 28.3. The van der Waals surface area contributed by atoms with Crippen molar-refractivity contribution in [2.45, 2.75) is 85.9 Å². The van der Waals surface area contributed by atoms with E-state index in [2.05, 4.69) is 122 Å². The van der Waals surface area contributed by atoms with Gasteiger partial charge in [0.1, 0.15) is 0 Å². The van der Waals surface area contributed by atoms with Crippen molar-refractivity contribution in [1.82, 2.24) is 14.7 Å². The predicted octanol–water partition coefficient (Wildman–Crippen LogP) is 8.66. The molecule has 0 spiro atoms. The molecule has 3 aromatic rings. The Balaban J connectivity index is 0.00000198. The highest BCUT2D eigenvalue weighted by atomic mass is 15.3. The van der Waals surface area contributed by atoms with Gasteiger partial charge in [0.2, 0.25) is 0 Å². The Labute approximate surface area is 256 Å². The maximum atomic E-state index is 4.62. The van der Waals surface area contributed by atoms with Crippen molar-refractivity contribution in [3.8, 4) is 0 Å². The van der Waals surface area contributed by atoms with Crippen LogP contribution in [-0.2, 0) is 32.4 Å². The number of benzene rings is 3. The van der Waals surface area contributed by atoms with Crippen LogP contribution in [0, 0.1) is 6.92 Å². The first kappa shape index (κ1) is 31.6. The Morgan fingerprint density at radius 1 is 0.810 bits per heavy atom. The number of fused-ring (bicyclic) bond motifs is 1.